The molecule has 0 aliphatic heterocycles. The zero-order valence-electron chi connectivity index (χ0n) is 14.0. The number of allylic oxidation sites excluding steroid dienone is 1. The predicted octanol–water partition coefficient (Wildman–Crippen LogP) is 6.22. The summed E-state index contributed by atoms with van der Waals surface area (Å²) in [5.41, 5.74) is 0.664. The molecule has 4 aliphatic rings. The van der Waals surface area contributed by atoms with E-state index < -0.39 is 0 Å². The lowest BCUT2D eigenvalue weighted by Crippen LogP contribution is -2.47. The summed E-state index contributed by atoms with van der Waals surface area (Å²) in [4.78, 5) is 0. The van der Waals surface area contributed by atoms with Gasteiger partial charge in [-0.3, -0.25) is 0 Å². The Morgan fingerprint density at radius 1 is 0.905 bits per heavy atom. The van der Waals surface area contributed by atoms with Crippen molar-refractivity contribution >= 4 is 0 Å². The first-order chi connectivity index (χ1) is 10.2. The van der Waals surface area contributed by atoms with Gasteiger partial charge in [0.25, 0.3) is 0 Å². The topological polar surface area (TPSA) is 0 Å². The highest BCUT2D eigenvalue weighted by Crippen LogP contribution is 2.64. The fraction of sp³-hybridized carbons (Fsp3) is 0.905. The molecule has 0 heterocycles. The van der Waals surface area contributed by atoms with Crippen LogP contribution in [0, 0.1) is 40.9 Å². The molecule has 4 fully saturated rings. The van der Waals surface area contributed by atoms with E-state index in [2.05, 4.69) is 19.6 Å². The summed E-state index contributed by atoms with van der Waals surface area (Å²) in [6.45, 7) is 6.68. The molecule has 0 amide bonds. The van der Waals surface area contributed by atoms with Gasteiger partial charge in [-0.1, -0.05) is 32.3 Å². The van der Waals surface area contributed by atoms with Crippen LogP contribution < -0.4 is 0 Å². The monoisotopic (exact) mass is 286 g/mol. The van der Waals surface area contributed by atoms with Crippen molar-refractivity contribution in [2.24, 2.45) is 40.9 Å². The molecule has 0 bridgehead atoms. The lowest BCUT2D eigenvalue weighted by atomic mass is 9.49. The summed E-state index contributed by atoms with van der Waals surface area (Å²) < 4.78 is 0. The molecule has 0 aromatic rings. The highest BCUT2D eigenvalue weighted by atomic mass is 14.6. The highest BCUT2D eigenvalue weighted by molar-refractivity contribution is 5.06. The molecular weight excluding hydrogens is 252 g/mol. The maximum atomic E-state index is 4.03. The molecule has 0 radical (unpaired) electrons. The molecule has 7 atom stereocenters. The van der Waals surface area contributed by atoms with E-state index >= 15 is 0 Å². The third-order valence-corrected chi connectivity index (χ3v) is 8.53. The van der Waals surface area contributed by atoms with E-state index in [4.69, 9.17) is 0 Å². The second-order valence-electron chi connectivity index (χ2n) is 9.06. The van der Waals surface area contributed by atoms with Crippen LogP contribution in [0.2, 0.25) is 0 Å². The van der Waals surface area contributed by atoms with Crippen LogP contribution in [0.4, 0.5) is 0 Å². The SMILES string of the molecule is C=CCC1CCC2C3CCC4CCCC[C@@H]4C3CCC12C. The van der Waals surface area contributed by atoms with E-state index in [-0.39, 0.29) is 0 Å². The standard InChI is InChI=1S/C21H34/c1-3-6-16-10-12-20-19-11-9-15-7-4-5-8-17(15)18(19)13-14-21(16,20)2/h3,15-20H,1,4-14H2,2H3/t15?,16?,17-,18?,19?,20?,21?/m0/s1. The van der Waals surface area contributed by atoms with E-state index in [0.717, 1.165) is 35.5 Å². The molecular formula is C21H34. The van der Waals surface area contributed by atoms with Crippen molar-refractivity contribution in [3.63, 3.8) is 0 Å². The Kier molecular flexibility index (Phi) is 3.71. The molecule has 0 saturated heterocycles. The Hall–Kier alpha value is -0.260. The quantitative estimate of drug-likeness (QED) is 0.528. The smallest absolute Gasteiger partial charge is 0.0263 e. The Bertz CT molecular complexity index is 397. The maximum Gasteiger partial charge on any atom is -0.0263 e. The third-order valence-electron chi connectivity index (χ3n) is 8.53. The Balaban J connectivity index is 1.56. The first-order valence-electron chi connectivity index (χ1n) is 9.85. The van der Waals surface area contributed by atoms with Crippen LogP contribution in [0.25, 0.3) is 0 Å². The Morgan fingerprint density at radius 3 is 2.62 bits per heavy atom. The summed E-state index contributed by atoms with van der Waals surface area (Å²) >= 11 is 0. The van der Waals surface area contributed by atoms with Crippen LogP contribution in [0.3, 0.4) is 0 Å². The average Bonchev–Trinajstić information content (AvgIpc) is 2.84. The number of hydrogen-bond donors (Lipinski definition) is 0. The van der Waals surface area contributed by atoms with Gasteiger partial charge in [-0.15, -0.1) is 6.58 Å². The van der Waals surface area contributed by atoms with Crippen LogP contribution in [0.15, 0.2) is 12.7 Å². The summed E-state index contributed by atoms with van der Waals surface area (Å²) in [5, 5.41) is 0. The van der Waals surface area contributed by atoms with Gasteiger partial charge in [0.1, 0.15) is 0 Å². The van der Waals surface area contributed by atoms with Crippen molar-refractivity contribution in [1.29, 1.82) is 0 Å². The third kappa shape index (κ3) is 2.15. The van der Waals surface area contributed by atoms with Crippen LogP contribution >= 0.6 is 0 Å². The molecule has 0 aromatic carbocycles. The first-order valence-corrected chi connectivity index (χ1v) is 9.85. The lowest BCUT2D eigenvalue weighted by Gasteiger charge is -2.55. The van der Waals surface area contributed by atoms with Gasteiger partial charge in [0.05, 0.1) is 0 Å². The van der Waals surface area contributed by atoms with Gasteiger partial charge in [0.15, 0.2) is 0 Å². The van der Waals surface area contributed by atoms with Crippen LogP contribution in [0.1, 0.15) is 77.6 Å². The van der Waals surface area contributed by atoms with Gasteiger partial charge in [-0.25, -0.2) is 0 Å². The second-order valence-corrected chi connectivity index (χ2v) is 9.06. The minimum atomic E-state index is 0.664. The Morgan fingerprint density at radius 2 is 1.76 bits per heavy atom. The minimum Gasteiger partial charge on any atom is -0.103 e. The fourth-order valence-electron chi connectivity index (χ4n) is 7.53. The number of fused-ring (bicyclic) bond motifs is 5. The lowest BCUT2D eigenvalue weighted by molar-refractivity contribution is -0.0615. The van der Waals surface area contributed by atoms with Gasteiger partial charge in [0, 0.05) is 0 Å². The molecule has 4 rings (SSSR count). The molecule has 21 heavy (non-hydrogen) atoms. The summed E-state index contributed by atoms with van der Waals surface area (Å²) in [7, 11) is 0. The van der Waals surface area contributed by atoms with Crippen LogP contribution in [-0.2, 0) is 0 Å². The molecule has 0 heteroatoms. The van der Waals surface area contributed by atoms with E-state index in [0.29, 0.717) is 5.41 Å². The van der Waals surface area contributed by atoms with Gasteiger partial charge in [-0.2, -0.15) is 0 Å². The number of hydrogen-bond acceptors (Lipinski definition) is 0. The van der Waals surface area contributed by atoms with Gasteiger partial charge in [-0.05, 0) is 92.3 Å². The van der Waals surface area contributed by atoms with Gasteiger partial charge >= 0.3 is 0 Å². The average molecular weight is 287 g/mol. The second kappa shape index (κ2) is 5.43. The van der Waals surface area contributed by atoms with E-state index in [9.17, 15) is 0 Å². The molecule has 0 aromatic heterocycles. The van der Waals surface area contributed by atoms with Crippen LogP contribution in [-0.4, -0.2) is 0 Å². The van der Waals surface area contributed by atoms with Crippen molar-refractivity contribution in [2.45, 2.75) is 77.6 Å². The van der Waals surface area contributed by atoms with Crippen molar-refractivity contribution in [1.82, 2.24) is 0 Å². The normalized spacial score (nSPS) is 52.6. The summed E-state index contributed by atoms with van der Waals surface area (Å²) in [6, 6.07) is 0. The molecule has 6 unspecified atom stereocenters. The molecule has 118 valence electrons. The van der Waals surface area contributed by atoms with Crippen molar-refractivity contribution in [2.75, 3.05) is 0 Å². The molecule has 4 aliphatic carbocycles. The largest absolute Gasteiger partial charge is 0.103 e. The maximum absolute atomic E-state index is 4.03. The molecule has 0 spiro atoms. The summed E-state index contributed by atoms with van der Waals surface area (Å²) in [5.74, 6) is 6.46. The number of rotatable bonds is 2. The molecule has 0 N–H and O–H groups in total. The van der Waals surface area contributed by atoms with Gasteiger partial charge in [0.2, 0.25) is 0 Å². The molecule has 0 nitrogen and oxygen atoms in total. The van der Waals surface area contributed by atoms with Crippen LogP contribution in [0.5, 0.6) is 0 Å². The summed E-state index contributed by atoms with van der Waals surface area (Å²) in [6.07, 6.45) is 18.9. The van der Waals surface area contributed by atoms with E-state index in [1.165, 1.54) is 38.5 Å². The first kappa shape index (κ1) is 14.3. The Labute approximate surface area is 131 Å². The minimum absolute atomic E-state index is 0.664. The van der Waals surface area contributed by atoms with Gasteiger partial charge < -0.3 is 0 Å². The zero-order valence-corrected chi connectivity index (χ0v) is 14.0. The van der Waals surface area contributed by atoms with Crippen molar-refractivity contribution < 1.29 is 0 Å². The zero-order chi connectivity index (χ0) is 14.4. The van der Waals surface area contributed by atoms with Crippen molar-refractivity contribution in [3.8, 4) is 0 Å². The fourth-order valence-corrected chi connectivity index (χ4v) is 7.53. The molecule has 4 saturated carbocycles. The highest BCUT2D eigenvalue weighted by Gasteiger charge is 2.56. The van der Waals surface area contributed by atoms with E-state index in [1.807, 2.05) is 0 Å². The van der Waals surface area contributed by atoms with E-state index in [1.54, 1.807) is 32.1 Å². The van der Waals surface area contributed by atoms with Crippen molar-refractivity contribution in [3.05, 3.63) is 12.7 Å². The predicted molar refractivity (Wildman–Crippen MR) is 90.0 cm³/mol.